The number of aromatic nitrogens is 4. The molecule has 1 aliphatic rings. The molecule has 140 valence electrons. The van der Waals surface area contributed by atoms with Gasteiger partial charge < -0.3 is 15.0 Å². The Labute approximate surface area is 158 Å². The maximum Gasteiger partial charge on any atom is 0.273 e. The number of H-pyrrole nitrogens is 1. The predicted octanol–water partition coefficient (Wildman–Crippen LogP) is 0.839. The number of ether oxygens (including phenoxy) is 1. The summed E-state index contributed by atoms with van der Waals surface area (Å²) < 4.78 is 6.31. The lowest BCUT2D eigenvalue weighted by Gasteiger charge is -2.34. The fourth-order valence-electron chi connectivity index (χ4n) is 2.62. The number of carbonyl (C=O) groups excluding carboxylic acids is 2. The van der Waals surface area contributed by atoms with Crippen LogP contribution in [0.2, 0.25) is 0 Å². The van der Waals surface area contributed by atoms with Crippen molar-refractivity contribution in [2.75, 3.05) is 26.0 Å². The third-order valence-electron chi connectivity index (χ3n) is 3.87. The highest BCUT2D eigenvalue weighted by molar-refractivity contribution is 8.00. The number of nitrogens with zero attached hydrogens (tertiary/aromatic N) is 4. The van der Waals surface area contributed by atoms with Crippen LogP contribution in [0.25, 0.3) is 0 Å². The van der Waals surface area contributed by atoms with E-state index in [0.717, 1.165) is 4.34 Å². The molecule has 0 spiro atoms. The number of thiazole rings is 1. The quantitative estimate of drug-likeness (QED) is 0.696. The molecule has 1 atom stereocenters. The van der Waals surface area contributed by atoms with E-state index in [0.29, 0.717) is 37.1 Å². The smallest absolute Gasteiger partial charge is 0.273 e. The topological polar surface area (TPSA) is 113 Å². The van der Waals surface area contributed by atoms with Crippen LogP contribution in [0.1, 0.15) is 28.6 Å². The van der Waals surface area contributed by atoms with Gasteiger partial charge in [-0.25, -0.2) is 9.97 Å². The normalized spacial score (nSPS) is 17.3. The molecular weight excluding hydrogens is 376 g/mol. The zero-order valence-electron chi connectivity index (χ0n) is 14.5. The standard InChI is InChI=1S/C15H20N6O3S2/c1-9-17-12(20-19-9)6-16-13(22)5-10-7-24-4-3-21(10)14(23)11-8-26-15(18-11)25-2/h8,10H,3-7H2,1-2H3,(H,16,22)(H,17,19,20). The summed E-state index contributed by atoms with van der Waals surface area (Å²) in [7, 11) is 0. The van der Waals surface area contributed by atoms with E-state index < -0.39 is 0 Å². The predicted molar refractivity (Wildman–Crippen MR) is 97.1 cm³/mol. The highest BCUT2D eigenvalue weighted by Crippen LogP contribution is 2.22. The first kappa shape index (κ1) is 18.8. The van der Waals surface area contributed by atoms with Crippen molar-refractivity contribution >= 4 is 34.9 Å². The van der Waals surface area contributed by atoms with Crippen LogP contribution in [0.5, 0.6) is 0 Å². The molecule has 0 bridgehead atoms. The van der Waals surface area contributed by atoms with Crippen molar-refractivity contribution in [3.63, 3.8) is 0 Å². The van der Waals surface area contributed by atoms with Crippen LogP contribution >= 0.6 is 23.1 Å². The summed E-state index contributed by atoms with van der Waals surface area (Å²) in [4.78, 5) is 35.2. The summed E-state index contributed by atoms with van der Waals surface area (Å²) in [6.07, 6.45) is 2.08. The second kappa shape index (κ2) is 8.60. The summed E-state index contributed by atoms with van der Waals surface area (Å²) >= 11 is 2.95. The van der Waals surface area contributed by atoms with E-state index in [2.05, 4.69) is 25.5 Å². The Morgan fingerprint density at radius 3 is 3.04 bits per heavy atom. The van der Waals surface area contributed by atoms with Gasteiger partial charge in [-0.15, -0.1) is 11.3 Å². The monoisotopic (exact) mass is 396 g/mol. The van der Waals surface area contributed by atoms with Gasteiger partial charge in [0, 0.05) is 18.3 Å². The largest absolute Gasteiger partial charge is 0.377 e. The number of nitrogens with one attached hydrogen (secondary N) is 2. The molecular formula is C15H20N6O3S2. The van der Waals surface area contributed by atoms with E-state index >= 15 is 0 Å². The van der Waals surface area contributed by atoms with Crippen molar-refractivity contribution in [2.24, 2.45) is 0 Å². The second-order valence-electron chi connectivity index (χ2n) is 5.75. The van der Waals surface area contributed by atoms with Gasteiger partial charge in [0.2, 0.25) is 5.91 Å². The molecule has 1 aliphatic heterocycles. The Morgan fingerprint density at radius 2 is 2.35 bits per heavy atom. The Hall–Kier alpha value is -1.98. The summed E-state index contributed by atoms with van der Waals surface area (Å²) in [5.74, 6) is 0.881. The first-order chi connectivity index (χ1) is 12.6. The number of morpholine rings is 1. The van der Waals surface area contributed by atoms with Gasteiger partial charge in [0.25, 0.3) is 5.91 Å². The molecule has 2 amide bonds. The van der Waals surface area contributed by atoms with Crippen LogP contribution in [-0.2, 0) is 16.1 Å². The molecule has 3 heterocycles. The number of carbonyl (C=O) groups is 2. The lowest BCUT2D eigenvalue weighted by atomic mass is 10.1. The summed E-state index contributed by atoms with van der Waals surface area (Å²) in [5, 5.41) is 11.2. The maximum absolute atomic E-state index is 12.8. The van der Waals surface area contributed by atoms with Gasteiger partial charge in [0.05, 0.1) is 25.8 Å². The lowest BCUT2D eigenvalue weighted by Crippen LogP contribution is -2.50. The molecule has 26 heavy (non-hydrogen) atoms. The Balaban J connectivity index is 1.59. The summed E-state index contributed by atoms with van der Waals surface area (Å²) in [6.45, 7) is 3.28. The van der Waals surface area contributed by atoms with E-state index in [9.17, 15) is 9.59 Å². The van der Waals surface area contributed by atoms with Crippen molar-refractivity contribution in [3.8, 4) is 0 Å². The number of amides is 2. The molecule has 2 N–H and O–H groups in total. The summed E-state index contributed by atoms with van der Waals surface area (Å²) in [6, 6.07) is -0.315. The molecule has 2 aromatic rings. The zero-order chi connectivity index (χ0) is 18.5. The molecule has 2 aromatic heterocycles. The number of thioether (sulfide) groups is 1. The number of rotatable bonds is 6. The Kier molecular flexibility index (Phi) is 6.22. The highest BCUT2D eigenvalue weighted by Gasteiger charge is 2.31. The van der Waals surface area contributed by atoms with Crippen LogP contribution in [0.15, 0.2) is 9.72 Å². The first-order valence-electron chi connectivity index (χ1n) is 8.09. The van der Waals surface area contributed by atoms with Crippen molar-refractivity contribution in [1.82, 2.24) is 30.4 Å². The molecule has 0 aromatic carbocycles. The fraction of sp³-hybridized carbons (Fsp3) is 0.533. The molecule has 1 unspecified atom stereocenters. The second-order valence-corrected chi connectivity index (χ2v) is 7.66. The molecule has 0 saturated carbocycles. The van der Waals surface area contributed by atoms with E-state index in [1.807, 2.05) is 6.26 Å². The van der Waals surface area contributed by atoms with E-state index in [1.165, 1.54) is 23.1 Å². The van der Waals surface area contributed by atoms with Crippen molar-refractivity contribution in [1.29, 1.82) is 0 Å². The van der Waals surface area contributed by atoms with Crippen molar-refractivity contribution in [3.05, 3.63) is 22.7 Å². The van der Waals surface area contributed by atoms with E-state index in [1.54, 1.807) is 17.2 Å². The minimum atomic E-state index is -0.315. The third-order valence-corrected chi connectivity index (χ3v) is 5.74. The molecule has 1 saturated heterocycles. The van der Waals surface area contributed by atoms with Crippen LogP contribution < -0.4 is 5.32 Å². The van der Waals surface area contributed by atoms with Crippen LogP contribution in [0.4, 0.5) is 0 Å². The maximum atomic E-state index is 12.8. The van der Waals surface area contributed by atoms with Gasteiger partial charge in [0.1, 0.15) is 15.9 Å². The van der Waals surface area contributed by atoms with Gasteiger partial charge in [-0.3, -0.25) is 14.7 Å². The Bertz CT molecular complexity index is 777. The van der Waals surface area contributed by atoms with Gasteiger partial charge in [-0.2, -0.15) is 5.10 Å². The molecule has 11 heteroatoms. The number of aromatic amines is 1. The third kappa shape index (κ3) is 4.59. The minimum Gasteiger partial charge on any atom is -0.377 e. The molecule has 1 fully saturated rings. The fourth-order valence-corrected chi connectivity index (χ4v) is 3.86. The minimum absolute atomic E-state index is 0.160. The van der Waals surface area contributed by atoms with Crippen molar-refractivity contribution < 1.29 is 14.3 Å². The lowest BCUT2D eigenvalue weighted by molar-refractivity contribution is -0.123. The van der Waals surface area contributed by atoms with Gasteiger partial charge in [0.15, 0.2) is 5.82 Å². The summed E-state index contributed by atoms with van der Waals surface area (Å²) in [5.41, 5.74) is 0.419. The SMILES string of the molecule is CSc1nc(C(=O)N2CCOCC2CC(=O)NCc2n[nH]c(C)n2)cs1. The average molecular weight is 396 g/mol. The van der Waals surface area contributed by atoms with Crippen LogP contribution in [0, 0.1) is 6.92 Å². The van der Waals surface area contributed by atoms with Crippen LogP contribution in [-0.4, -0.2) is 68.9 Å². The van der Waals surface area contributed by atoms with Gasteiger partial charge in [-0.05, 0) is 13.2 Å². The highest BCUT2D eigenvalue weighted by atomic mass is 32.2. The van der Waals surface area contributed by atoms with Crippen LogP contribution in [0.3, 0.4) is 0 Å². The van der Waals surface area contributed by atoms with Gasteiger partial charge in [-0.1, -0.05) is 11.8 Å². The zero-order valence-corrected chi connectivity index (χ0v) is 16.2. The Morgan fingerprint density at radius 1 is 1.50 bits per heavy atom. The molecule has 0 aliphatic carbocycles. The molecule has 9 nitrogen and oxygen atoms in total. The number of hydrogen-bond donors (Lipinski definition) is 2. The number of hydrogen-bond acceptors (Lipinski definition) is 8. The molecule has 0 radical (unpaired) electrons. The van der Waals surface area contributed by atoms with E-state index in [-0.39, 0.29) is 30.8 Å². The van der Waals surface area contributed by atoms with Crippen molar-refractivity contribution in [2.45, 2.75) is 30.3 Å². The number of aryl methyl sites for hydroxylation is 1. The average Bonchev–Trinajstić information content (AvgIpc) is 3.28. The van der Waals surface area contributed by atoms with E-state index in [4.69, 9.17) is 4.74 Å². The first-order valence-corrected chi connectivity index (χ1v) is 10.2. The van der Waals surface area contributed by atoms with Gasteiger partial charge >= 0.3 is 0 Å². The molecule has 3 rings (SSSR count).